The predicted molar refractivity (Wildman–Crippen MR) is 25.8 cm³/mol. The number of rotatable bonds is 1. The van der Waals surface area contributed by atoms with Gasteiger partial charge in [0.25, 0.3) is 0 Å². The minimum absolute atomic E-state index is 0.229. The molecule has 0 saturated carbocycles. The highest BCUT2D eigenvalue weighted by Crippen LogP contribution is 2.33. The first kappa shape index (κ1) is 8.46. The van der Waals surface area contributed by atoms with Gasteiger partial charge in [0.1, 0.15) is 0 Å². The van der Waals surface area contributed by atoms with Crippen LogP contribution in [-0.2, 0) is 0 Å². The molecule has 1 unspecified atom stereocenters. The maximum atomic E-state index is 12.1. The molecule has 0 saturated heterocycles. The summed E-state index contributed by atoms with van der Waals surface area (Å²) in [5.74, 6) is 0. The predicted octanol–water partition coefficient (Wildman–Crippen LogP) is 2.46. The van der Waals surface area contributed by atoms with E-state index >= 15 is 0 Å². The van der Waals surface area contributed by atoms with Crippen LogP contribution >= 0.6 is 0 Å². The zero-order chi connectivity index (χ0) is 7.71. The van der Waals surface area contributed by atoms with Crippen molar-refractivity contribution in [3.63, 3.8) is 0 Å². The lowest BCUT2D eigenvalue weighted by Crippen LogP contribution is -2.35. The first-order valence-electron chi connectivity index (χ1n) is 2.20. The van der Waals surface area contributed by atoms with Gasteiger partial charge >= 0.3 is 6.18 Å². The SMILES string of the molecule is C=CC(C)(F)C(F)(F)F. The van der Waals surface area contributed by atoms with Crippen LogP contribution in [0.3, 0.4) is 0 Å². The van der Waals surface area contributed by atoms with E-state index < -0.39 is 11.8 Å². The smallest absolute Gasteiger partial charge is 0.230 e. The normalized spacial score (nSPS) is 18.8. The number of hydrogen-bond donors (Lipinski definition) is 0. The highest BCUT2D eigenvalue weighted by atomic mass is 19.4. The van der Waals surface area contributed by atoms with Crippen LogP contribution in [0.1, 0.15) is 6.92 Å². The van der Waals surface area contributed by atoms with Gasteiger partial charge in [-0.2, -0.15) is 13.2 Å². The molecule has 9 heavy (non-hydrogen) atoms. The first-order valence-corrected chi connectivity index (χ1v) is 2.20. The van der Waals surface area contributed by atoms with E-state index in [2.05, 4.69) is 6.58 Å². The highest BCUT2D eigenvalue weighted by Gasteiger charge is 2.49. The van der Waals surface area contributed by atoms with Crippen LogP contribution in [0.5, 0.6) is 0 Å². The van der Waals surface area contributed by atoms with E-state index in [1.54, 1.807) is 0 Å². The van der Waals surface area contributed by atoms with Gasteiger partial charge in [0.2, 0.25) is 5.67 Å². The van der Waals surface area contributed by atoms with Gasteiger partial charge in [-0.3, -0.25) is 0 Å². The molecule has 0 N–H and O–H groups in total. The Hall–Kier alpha value is -0.540. The van der Waals surface area contributed by atoms with Gasteiger partial charge in [-0.1, -0.05) is 6.58 Å². The molecule has 0 bridgehead atoms. The van der Waals surface area contributed by atoms with E-state index in [1.165, 1.54) is 0 Å². The monoisotopic (exact) mass is 142 g/mol. The molecule has 0 radical (unpaired) electrons. The highest BCUT2D eigenvalue weighted by molar-refractivity contribution is 4.98. The lowest BCUT2D eigenvalue weighted by Gasteiger charge is -2.18. The molecular formula is C5H6F4. The molecule has 0 aromatic heterocycles. The number of halogens is 4. The lowest BCUT2D eigenvalue weighted by atomic mass is 10.1. The zero-order valence-corrected chi connectivity index (χ0v) is 4.80. The van der Waals surface area contributed by atoms with Crippen LogP contribution in [-0.4, -0.2) is 11.8 Å². The Balaban J connectivity index is 4.32. The molecule has 0 rings (SSSR count). The third-order valence-corrected chi connectivity index (χ3v) is 0.938. The van der Waals surface area contributed by atoms with Crippen molar-refractivity contribution >= 4 is 0 Å². The third-order valence-electron chi connectivity index (χ3n) is 0.938. The van der Waals surface area contributed by atoms with Crippen molar-refractivity contribution < 1.29 is 17.6 Å². The Labute approximate surface area is 50.2 Å². The molecule has 0 aliphatic carbocycles. The second-order valence-corrected chi connectivity index (χ2v) is 1.78. The average Bonchev–Trinajstić information content (AvgIpc) is 1.64. The minimum atomic E-state index is -4.84. The van der Waals surface area contributed by atoms with E-state index in [0.717, 1.165) is 0 Å². The van der Waals surface area contributed by atoms with Crippen molar-refractivity contribution in [1.82, 2.24) is 0 Å². The summed E-state index contributed by atoms with van der Waals surface area (Å²) in [6.45, 7) is 3.12. The van der Waals surface area contributed by atoms with E-state index in [-0.39, 0.29) is 6.08 Å². The summed E-state index contributed by atoms with van der Waals surface area (Å²) in [6.07, 6.45) is -4.61. The second kappa shape index (κ2) is 2.01. The van der Waals surface area contributed by atoms with Crippen LogP contribution in [0.2, 0.25) is 0 Å². The second-order valence-electron chi connectivity index (χ2n) is 1.78. The van der Waals surface area contributed by atoms with Crippen LogP contribution in [0.4, 0.5) is 17.6 Å². The lowest BCUT2D eigenvalue weighted by molar-refractivity contribution is -0.205. The molecule has 0 aliphatic heterocycles. The maximum absolute atomic E-state index is 12.1. The molecule has 0 aliphatic rings. The Morgan fingerprint density at radius 3 is 1.56 bits per heavy atom. The average molecular weight is 142 g/mol. The number of alkyl halides is 4. The Morgan fingerprint density at radius 2 is 1.56 bits per heavy atom. The Morgan fingerprint density at radius 1 is 1.22 bits per heavy atom. The van der Waals surface area contributed by atoms with Gasteiger partial charge in [0.15, 0.2) is 0 Å². The van der Waals surface area contributed by atoms with Crippen molar-refractivity contribution in [2.45, 2.75) is 18.8 Å². The summed E-state index contributed by atoms with van der Waals surface area (Å²) in [6, 6.07) is 0. The molecule has 1 atom stereocenters. The van der Waals surface area contributed by atoms with Gasteiger partial charge in [-0.05, 0) is 13.0 Å². The van der Waals surface area contributed by atoms with Crippen LogP contribution in [0.25, 0.3) is 0 Å². The fourth-order valence-electron chi connectivity index (χ4n) is 0.116. The van der Waals surface area contributed by atoms with E-state index in [0.29, 0.717) is 6.92 Å². The van der Waals surface area contributed by atoms with Crippen molar-refractivity contribution in [2.75, 3.05) is 0 Å². The first-order chi connectivity index (χ1) is 3.81. The Bertz CT molecular complexity index is 111. The molecule has 54 valence electrons. The number of hydrogen-bond acceptors (Lipinski definition) is 0. The topological polar surface area (TPSA) is 0 Å². The molecule has 0 amide bonds. The van der Waals surface area contributed by atoms with Crippen molar-refractivity contribution in [3.05, 3.63) is 12.7 Å². The Kier molecular flexibility index (Phi) is 1.88. The van der Waals surface area contributed by atoms with Gasteiger partial charge < -0.3 is 0 Å². The fraction of sp³-hybridized carbons (Fsp3) is 0.600. The summed E-state index contributed by atoms with van der Waals surface area (Å²) in [5.41, 5.74) is -3.26. The fourth-order valence-corrected chi connectivity index (χ4v) is 0.116. The standard InChI is InChI=1S/C5H6F4/c1-3-4(2,6)5(7,8)9/h3H,1H2,2H3. The third kappa shape index (κ3) is 1.69. The molecule has 0 fully saturated rings. The van der Waals surface area contributed by atoms with Gasteiger partial charge in [-0.15, -0.1) is 0 Å². The zero-order valence-electron chi connectivity index (χ0n) is 4.80. The van der Waals surface area contributed by atoms with Gasteiger partial charge in [0, 0.05) is 0 Å². The van der Waals surface area contributed by atoms with Crippen LogP contribution in [0.15, 0.2) is 12.7 Å². The molecule has 0 heterocycles. The maximum Gasteiger partial charge on any atom is 0.425 e. The summed E-state index contributed by atoms with van der Waals surface area (Å²) in [7, 11) is 0. The molecule has 4 heteroatoms. The van der Waals surface area contributed by atoms with Gasteiger partial charge in [-0.25, -0.2) is 4.39 Å². The summed E-state index contributed by atoms with van der Waals surface area (Å²) in [5, 5.41) is 0. The van der Waals surface area contributed by atoms with Gasteiger partial charge in [0.05, 0.1) is 0 Å². The largest absolute Gasteiger partial charge is 0.425 e. The molecule has 0 aromatic rings. The molecule has 0 aromatic carbocycles. The van der Waals surface area contributed by atoms with E-state index in [4.69, 9.17) is 0 Å². The minimum Gasteiger partial charge on any atom is -0.230 e. The van der Waals surface area contributed by atoms with E-state index in [9.17, 15) is 17.6 Å². The summed E-state index contributed by atoms with van der Waals surface area (Å²) < 4.78 is 46.2. The van der Waals surface area contributed by atoms with E-state index in [1.807, 2.05) is 0 Å². The molecule has 0 nitrogen and oxygen atoms in total. The van der Waals surface area contributed by atoms with Crippen molar-refractivity contribution in [2.24, 2.45) is 0 Å². The molecule has 0 spiro atoms. The quantitative estimate of drug-likeness (QED) is 0.389. The summed E-state index contributed by atoms with van der Waals surface area (Å²) in [4.78, 5) is 0. The van der Waals surface area contributed by atoms with Crippen molar-refractivity contribution in [1.29, 1.82) is 0 Å². The van der Waals surface area contributed by atoms with Crippen molar-refractivity contribution in [3.8, 4) is 0 Å². The van der Waals surface area contributed by atoms with Crippen LogP contribution in [0, 0.1) is 0 Å². The van der Waals surface area contributed by atoms with Crippen LogP contribution < -0.4 is 0 Å². The summed E-state index contributed by atoms with van der Waals surface area (Å²) >= 11 is 0. The number of allylic oxidation sites excluding steroid dienone is 1. The molecular weight excluding hydrogens is 136 g/mol.